The first-order chi connectivity index (χ1) is 10.6. The molecule has 140 valence electrons. The maximum atomic E-state index is 10.8. The minimum atomic E-state index is -0.510. The van der Waals surface area contributed by atoms with E-state index >= 15 is 0 Å². The summed E-state index contributed by atoms with van der Waals surface area (Å²) < 4.78 is 10.6. The van der Waals surface area contributed by atoms with Gasteiger partial charge in [0.1, 0.15) is 0 Å². The average molecular weight is 382 g/mol. The number of nitrogens with zero attached hydrogens (tertiary/aromatic N) is 1. The molecular formula is C16H29Cl2N3O3. The Labute approximate surface area is 156 Å². The second-order valence-electron chi connectivity index (χ2n) is 4.94. The van der Waals surface area contributed by atoms with Crippen LogP contribution in [0.1, 0.15) is 19.4 Å². The third-order valence-corrected chi connectivity index (χ3v) is 3.43. The number of rotatable bonds is 11. The van der Waals surface area contributed by atoms with Crippen LogP contribution >= 0.6 is 24.8 Å². The zero-order chi connectivity index (χ0) is 16.4. The Morgan fingerprint density at radius 3 is 2.42 bits per heavy atom. The van der Waals surface area contributed by atoms with Gasteiger partial charge in [0.25, 0.3) is 5.91 Å². The minimum Gasteiger partial charge on any atom is -0.493 e. The van der Waals surface area contributed by atoms with E-state index in [9.17, 15) is 4.79 Å². The predicted molar refractivity (Wildman–Crippen MR) is 102 cm³/mol. The molecule has 0 aliphatic carbocycles. The first-order valence-corrected chi connectivity index (χ1v) is 7.61. The molecule has 0 aliphatic heterocycles. The molecule has 0 spiro atoms. The smallest absolute Gasteiger partial charge is 0.255 e. The van der Waals surface area contributed by atoms with Gasteiger partial charge >= 0.3 is 0 Å². The quantitative estimate of drug-likeness (QED) is 0.571. The van der Waals surface area contributed by atoms with Crippen molar-refractivity contribution in [3.8, 4) is 11.5 Å². The lowest BCUT2D eigenvalue weighted by Crippen LogP contribution is -2.31. The molecule has 0 fully saturated rings. The van der Waals surface area contributed by atoms with E-state index in [4.69, 9.17) is 15.2 Å². The SMILES string of the molecule is CCN(CC)CCNCc1ccc(OCC(N)=O)c(OC)c1.Cl.Cl. The van der Waals surface area contributed by atoms with Crippen molar-refractivity contribution in [1.29, 1.82) is 0 Å². The van der Waals surface area contributed by atoms with Crippen molar-refractivity contribution in [3.63, 3.8) is 0 Å². The van der Waals surface area contributed by atoms with Gasteiger partial charge < -0.3 is 25.4 Å². The molecule has 6 nitrogen and oxygen atoms in total. The molecule has 1 aromatic rings. The average Bonchev–Trinajstić information content (AvgIpc) is 2.53. The summed E-state index contributed by atoms with van der Waals surface area (Å²) in [6, 6.07) is 5.65. The van der Waals surface area contributed by atoms with Crippen molar-refractivity contribution in [2.75, 3.05) is 39.9 Å². The number of nitrogens with one attached hydrogen (secondary N) is 1. The van der Waals surface area contributed by atoms with Crippen LogP contribution in [0.2, 0.25) is 0 Å². The summed E-state index contributed by atoms with van der Waals surface area (Å²) in [5.41, 5.74) is 6.17. The van der Waals surface area contributed by atoms with Gasteiger partial charge in [0, 0.05) is 19.6 Å². The number of likely N-dealkylation sites (N-methyl/N-ethyl adjacent to an activating group) is 1. The number of carbonyl (C=O) groups excluding carboxylic acids is 1. The van der Waals surface area contributed by atoms with Gasteiger partial charge in [0.2, 0.25) is 0 Å². The van der Waals surface area contributed by atoms with E-state index in [1.807, 2.05) is 12.1 Å². The fourth-order valence-corrected chi connectivity index (χ4v) is 2.10. The van der Waals surface area contributed by atoms with E-state index in [1.165, 1.54) is 0 Å². The maximum Gasteiger partial charge on any atom is 0.255 e. The summed E-state index contributed by atoms with van der Waals surface area (Å²) in [5, 5.41) is 3.41. The molecule has 0 atom stereocenters. The molecule has 0 heterocycles. The Bertz CT molecular complexity index is 472. The van der Waals surface area contributed by atoms with Gasteiger partial charge in [-0.1, -0.05) is 19.9 Å². The van der Waals surface area contributed by atoms with E-state index in [0.717, 1.165) is 38.3 Å². The highest BCUT2D eigenvalue weighted by Crippen LogP contribution is 2.27. The molecular weight excluding hydrogens is 353 g/mol. The Morgan fingerprint density at radius 1 is 1.21 bits per heavy atom. The van der Waals surface area contributed by atoms with Gasteiger partial charge in [-0.2, -0.15) is 0 Å². The summed E-state index contributed by atoms with van der Waals surface area (Å²) in [7, 11) is 1.57. The van der Waals surface area contributed by atoms with E-state index < -0.39 is 5.91 Å². The number of halogens is 2. The number of hydrogen-bond acceptors (Lipinski definition) is 5. The number of hydrogen-bond donors (Lipinski definition) is 2. The second kappa shape index (κ2) is 14.2. The van der Waals surface area contributed by atoms with Gasteiger partial charge in [-0.05, 0) is 30.8 Å². The number of nitrogens with two attached hydrogens (primary N) is 1. The van der Waals surface area contributed by atoms with Crippen molar-refractivity contribution in [2.24, 2.45) is 5.73 Å². The molecule has 8 heteroatoms. The number of amides is 1. The van der Waals surface area contributed by atoms with Gasteiger partial charge in [-0.3, -0.25) is 4.79 Å². The van der Waals surface area contributed by atoms with E-state index in [-0.39, 0.29) is 31.4 Å². The van der Waals surface area contributed by atoms with Crippen molar-refractivity contribution in [1.82, 2.24) is 10.2 Å². The maximum absolute atomic E-state index is 10.8. The van der Waals surface area contributed by atoms with Crippen LogP contribution in [0.4, 0.5) is 0 Å². The molecule has 0 aromatic heterocycles. The van der Waals surface area contributed by atoms with Crippen LogP contribution < -0.4 is 20.5 Å². The van der Waals surface area contributed by atoms with Gasteiger partial charge in [-0.25, -0.2) is 0 Å². The monoisotopic (exact) mass is 381 g/mol. The third-order valence-electron chi connectivity index (χ3n) is 3.43. The lowest BCUT2D eigenvalue weighted by molar-refractivity contribution is -0.119. The summed E-state index contributed by atoms with van der Waals surface area (Å²) in [6.45, 7) is 9.04. The van der Waals surface area contributed by atoms with Crippen molar-refractivity contribution in [3.05, 3.63) is 23.8 Å². The van der Waals surface area contributed by atoms with Gasteiger partial charge in [0.05, 0.1) is 7.11 Å². The van der Waals surface area contributed by atoms with Crippen LogP contribution in [0.5, 0.6) is 11.5 Å². The molecule has 24 heavy (non-hydrogen) atoms. The van der Waals surface area contributed by atoms with Gasteiger partial charge in [0.15, 0.2) is 18.1 Å². The molecule has 1 amide bonds. The first kappa shape index (κ1) is 25.0. The molecule has 3 N–H and O–H groups in total. The van der Waals surface area contributed by atoms with E-state index in [0.29, 0.717) is 11.5 Å². The van der Waals surface area contributed by atoms with Crippen molar-refractivity contribution in [2.45, 2.75) is 20.4 Å². The first-order valence-electron chi connectivity index (χ1n) is 7.61. The lowest BCUT2D eigenvalue weighted by Gasteiger charge is -2.18. The summed E-state index contributed by atoms with van der Waals surface area (Å²) >= 11 is 0. The molecule has 1 rings (SSSR count). The molecule has 0 aliphatic rings. The predicted octanol–water partition coefficient (Wildman–Crippen LogP) is 1.83. The number of methoxy groups -OCH3 is 1. The highest BCUT2D eigenvalue weighted by Gasteiger charge is 2.07. The standard InChI is InChI=1S/C16H27N3O3.2ClH/c1-4-19(5-2)9-8-18-11-13-6-7-14(15(10-13)21-3)22-12-16(17)20;;/h6-7,10,18H,4-5,8-9,11-12H2,1-3H3,(H2,17,20);2*1H. The van der Waals surface area contributed by atoms with E-state index in [1.54, 1.807) is 13.2 Å². The normalized spacial score (nSPS) is 9.83. The van der Waals surface area contributed by atoms with E-state index in [2.05, 4.69) is 24.1 Å². The van der Waals surface area contributed by atoms with Crippen LogP contribution in [0.25, 0.3) is 0 Å². The van der Waals surface area contributed by atoms with Gasteiger partial charge in [-0.15, -0.1) is 24.8 Å². The fraction of sp³-hybridized carbons (Fsp3) is 0.562. The largest absolute Gasteiger partial charge is 0.493 e. The van der Waals surface area contributed by atoms with Crippen LogP contribution in [-0.4, -0.2) is 50.7 Å². The topological polar surface area (TPSA) is 76.8 Å². The van der Waals surface area contributed by atoms with Crippen LogP contribution in [0.3, 0.4) is 0 Å². The lowest BCUT2D eigenvalue weighted by atomic mass is 10.2. The summed E-state index contributed by atoms with van der Waals surface area (Å²) in [6.07, 6.45) is 0. The molecule has 0 saturated heterocycles. The molecule has 0 saturated carbocycles. The zero-order valence-electron chi connectivity index (χ0n) is 14.5. The number of ether oxygens (including phenoxy) is 2. The van der Waals surface area contributed by atoms with Crippen LogP contribution in [0.15, 0.2) is 18.2 Å². The molecule has 1 aromatic carbocycles. The fourth-order valence-electron chi connectivity index (χ4n) is 2.10. The number of primary amides is 1. The molecule has 0 unspecified atom stereocenters. The molecule has 0 radical (unpaired) electrons. The van der Waals surface area contributed by atoms with Crippen LogP contribution in [0, 0.1) is 0 Å². The highest BCUT2D eigenvalue weighted by molar-refractivity contribution is 5.85. The van der Waals surface area contributed by atoms with Crippen molar-refractivity contribution >= 4 is 30.7 Å². The third kappa shape index (κ3) is 9.17. The second-order valence-corrected chi connectivity index (χ2v) is 4.94. The van der Waals surface area contributed by atoms with Crippen LogP contribution in [-0.2, 0) is 11.3 Å². The summed E-state index contributed by atoms with van der Waals surface area (Å²) in [5.74, 6) is 0.613. The Balaban J connectivity index is 0. The highest BCUT2D eigenvalue weighted by atomic mass is 35.5. The van der Waals surface area contributed by atoms with Crippen molar-refractivity contribution < 1.29 is 14.3 Å². The summed E-state index contributed by atoms with van der Waals surface area (Å²) in [4.78, 5) is 13.1. The number of carbonyl (C=O) groups is 1. The Hall–Kier alpha value is -1.21. The Kier molecular flexibility index (Phi) is 14.8. The Morgan fingerprint density at radius 2 is 1.88 bits per heavy atom. The zero-order valence-corrected chi connectivity index (χ0v) is 16.2. The number of benzene rings is 1. The minimum absolute atomic E-state index is 0. The molecule has 0 bridgehead atoms.